The molecule has 1 aliphatic rings. The zero-order valence-corrected chi connectivity index (χ0v) is 11.4. The van der Waals surface area contributed by atoms with Crippen molar-refractivity contribution in [2.75, 3.05) is 19.8 Å². The zero-order valence-electron chi connectivity index (χ0n) is 8.99. The second kappa shape index (κ2) is 6.12. The molecular formula is C11H16BrNO2S. The van der Waals surface area contributed by atoms with E-state index in [0.717, 1.165) is 24.0 Å². The lowest BCUT2D eigenvalue weighted by Gasteiger charge is -2.16. The summed E-state index contributed by atoms with van der Waals surface area (Å²) in [7, 11) is 0. The molecule has 90 valence electrons. The molecule has 1 fully saturated rings. The molecule has 5 heteroatoms. The molecule has 0 saturated carbocycles. The van der Waals surface area contributed by atoms with Gasteiger partial charge >= 0.3 is 0 Å². The highest BCUT2D eigenvalue weighted by atomic mass is 79.9. The standard InChI is InChI=1S/C11H16BrNO2S/c12-9-3-10(16-7-9)4-13-5-11(14)8-1-2-15-6-8/h3,7-8,11,13-14H,1-2,4-6H2. The highest BCUT2D eigenvalue weighted by Gasteiger charge is 2.23. The Bertz CT molecular complexity index is 326. The van der Waals surface area contributed by atoms with Crippen LogP contribution in [-0.4, -0.2) is 31.0 Å². The Morgan fingerprint density at radius 3 is 3.19 bits per heavy atom. The van der Waals surface area contributed by atoms with Crippen LogP contribution in [0.25, 0.3) is 0 Å². The fraction of sp³-hybridized carbons (Fsp3) is 0.636. The first-order valence-electron chi connectivity index (χ1n) is 5.45. The number of rotatable bonds is 5. The summed E-state index contributed by atoms with van der Waals surface area (Å²) in [5, 5.41) is 15.2. The molecule has 0 radical (unpaired) electrons. The molecule has 1 saturated heterocycles. The van der Waals surface area contributed by atoms with E-state index in [0.29, 0.717) is 19.1 Å². The lowest BCUT2D eigenvalue weighted by atomic mass is 10.0. The van der Waals surface area contributed by atoms with Crippen LogP contribution in [0.2, 0.25) is 0 Å². The van der Waals surface area contributed by atoms with E-state index in [9.17, 15) is 5.11 Å². The molecule has 0 aliphatic carbocycles. The number of halogens is 1. The lowest BCUT2D eigenvalue weighted by Crippen LogP contribution is -2.32. The van der Waals surface area contributed by atoms with Crippen molar-refractivity contribution < 1.29 is 9.84 Å². The fourth-order valence-corrected chi connectivity index (χ4v) is 3.23. The van der Waals surface area contributed by atoms with Gasteiger partial charge in [-0.15, -0.1) is 11.3 Å². The van der Waals surface area contributed by atoms with E-state index < -0.39 is 0 Å². The van der Waals surface area contributed by atoms with Gasteiger partial charge in [-0.1, -0.05) is 0 Å². The molecule has 2 unspecified atom stereocenters. The second-order valence-electron chi connectivity index (χ2n) is 4.05. The average molecular weight is 306 g/mol. The number of thiophene rings is 1. The summed E-state index contributed by atoms with van der Waals surface area (Å²) in [6, 6.07) is 2.10. The monoisotopic (exact) mass is 305 g/mol. The molecule has 2 atom stereocenters. The Morgan fingerprint density at radius 2 is 2.56 bits per heavy atom. The second-order valence-corrected chi connectivity index (χ2v) is 5.96. The summed E-state index contributed by atoms with van der Waals surface area (Å²) in [6.45, 7) is 2.96. The summed E-state index contributed by atoms with van der Waals surface area (Å²) in [5.74, 6) is 0.308. The smallest absolute Gasteiger partial charge is 0.0715 e. The SMILES string of the molecule is OC(CNCc1cc(Br)cs1)C1CCOC1. The maximum Gasteiger partial charge on any atom is 0.0715 e. The molecule has 0 aromatic carbocycles. The van der Waals surface area contributed by atoms with Crippen molar-refractivity contribution in [3.05, 3.63) is 20.8 Å². The molecule has 0 amide bonds. The number of hydrogen-bond acceptors (Lipinski definition) is 4. The van der Waals surface area contributed by atoms with Crippen LogP contribution in [-0.2, 0) is 11.3 Å². The topological polar surface area (TPSA) is 41.5 Å². The first-order valence-corrected chi connectivity index (χ1v) is 7.12. The molecular weight excluding hydrogens is 290 g/mol. The van der Waals surface area contributed by atoms with Gasteiger partial charge in [-0.05, 0) is 28.4 Å². The maximum absolute atomic E-state index is 9.88. The van der Waals surface area contributed by atoms with Gasteiger partial charge in [-0.25, -0.2) is 0 Å². The van der Waals surface area contributed by atoms with E-state index in [4.69, 9.17) is 4.74 Å². The quantitative estimate of drug-likeness (QED) is 0.874. The number of ether oxygens (including phenoxy) is 1. The summed E-state index contributed by atoms with van der Waals surface area (Å²) < 4.78 is 6.38. The van der Waals surface area contributed by atoms with Crippen molar-refractivity contribution in [1.82, 2.24) is 5.32 Å². The van der Waals surface area contributed by atoms with Crippen LogP contribution < -0.4 is 5.32 Å². The molecule has 0 bridgehead atoms. The molecule has 2 N–H and O–H groups in total. The first-order chi connectivity index (χ1) is 7.75. The van der Waals surface area contributed by atoms with Crippen LogP contribution >= 0.6 is 27.3 Å². The third kappa shape index (κ3) is 3.53. The number of aliphatic hydroxyl groups is 1. The van der Waals surface area contributed by atoms with Gasteiger partial charge in [0.1, 0.15) is 0 Å². The van der Waals surface area contributed by atoms with E-state index in [1.165, 1.54) is 4.88 Å². The van der Waals surface area contributed by atoms with Gasteiger partial charge in [-0.2, -0.15) is 0 Å². The summed E-state index contributed by atoms with van der Waals surface area (Å²) >= 11 is 5.14. The highest BCUT2D eigenvalue weighted by molar-refractivity contribution is 9.10. The van der Waals surface area contributed by atoms with Gasteiger partial charge in [-0.3, -0.25) is 0 Å². The molecule has 0 spiro atoms. The van der Waals surface area contributed by atoms with Gasteiger partial charge in [0.25, 0.3) is 0 Å². The van der Waals surface area contributed by atoms with E-state index in [1.807, 2.05) is 0 Å². The van der Waals surface area contributed by atoms with E-state index in [-0.39, 0.29) is 6.10 Å². The van der Waals surface area contributed by atoms with Crippen molar-refractivity contribution in [2.24, 2.45) is 5.92 Å². The first kappa shape index (κ1) is 12.5. The van der Waals surface area contributed by atoms with Gasteiger partial charge in [0.15, 0.2) is 0 Å². The number of aliphatic hydroxyl groups excluding tert-OH is 1. The summed E-state index contributed by atoms with van der Waals surface area (Å²) in [4.78, 5) is 1.28. The van der Waals surface area contributed by atoms with Gasteiger partial charge in [0, 0.05) is 40.3 Å². The van der Waals surface area contributed by atoms with Crippen LogP contribution in [0.1, 0.15) is 11.3 Å². The summed E-state index contributed by atoms with van der Waals surface area (Å²) in [6.07, 6.45) is 0.693. The predicted molar refractivity (Wildman–Crippen MR) is 68.7 cm³/mol. The van der Waals surface area contributed by atoms with Crippen molar-refractivity contribution in [3.63, 3.8) is 0 Å². The highest BCUT2D eigenvalue weighted by Crippen LogP contribution is 2.20. The molecule has 16 heavy (non-hydrogen) atoms. The van der Waals surface area contributed by atoms with Crippen LogP contribution in [0.4, 0.5) is 0 Å². The Balaban J connectivity index is 1.67. The number of hydrogen-bond donors (Lipinski definition) is 2. The van der Waals surface area contributed by atoms with E-state index >= 15 is 0 Å². The van der Waals surface area contributed by atoms with Crippen molar-refractivity contribution in [3.8, 4) is 0 Å². The Morgan fingerprint density at radius 1 is 1.69 bits per heavy atom. The van der Waals surface area contributed by atoms with Gasteiger partial charge < -0.3 is 15.2 Å². The minimum Gasteiger partial charge on any atom is -0.391 e. The zero-order chi connectivity index (χ0) is 11.4. The molecule has 3 nitrogen and oxygen atoms in total. The largest absolute Gasteiger partial charge is 0.391 e. The van der Waals surface area contributed by atoms with E-state index in [2.05, 4.69) is 32.7 Å². The van der Waals surface area contributed by atoms with Crippen LogP contribution in [0.5, 0.6) is 0 Å². The Kier molecular flexibility index (Phi) is 4.79. The minimum atomic E-state index is -0.286. The predicted octanol–water partition coefficient (Wildman–Crippen LogP) is 2.00. The Hall–Kier alpha value is 0.0600. The normalized spacial score (nSPS) is 22.5. The number of nitrogens with one attached hydrogen (secondary N) is 1. The summed E-state index contributed by atoms with van der Waals surface area (Å²) in [5.41, 5.74) is 0. The van der Waals surface area contributed by atoms with E-state index in [1.54, 1.807) is 11.3 Å². The van der Waals surface area contributed by atoms with Crippen LogP contribution in [0.15, 0.2) is 15.9 Å². The van der Waals surface area contributed by atoms with Gasteiger partial charge in [0.2, 0.25) is 0 Å². The van der Waals surface area contributed by atoms with Gasteiger partial charge in [0.05, 0.1) is 12.7 Å². The molecule has 1 aliphatic heterocycles. The third-order valence-electron chi connectivity index (χ3n) is 2.78. The van der Waals surface area contributed by atoms with Crippen molar-refractivity contribution >= 4 is 27.3 Å². The minimum absolute atomic E-state index is 0.286. The molecule has 2 rings (SSSR count). The van der Waals surface area contributed by atoms with Crippen LogP contribution in [0, 0.1) is 5.92 Å². The Labute approximate surface area is 108 Å². The van der Waals surface area contributed by atoms with Crippen molar-refractivity contribution in [1.29, 1.82) is 0 Å². The fourth-order valence-electron chi connectivity index (χ4n) is 1.81. The molecule has 2 heterocycles. The molecule has 1 aromatic heterocycles. The van der Waals surface area contributed by atoms with Crippen LogP contribution in [0.3, 0.4) is 0 Å². The average Bonchev–Trinajstić information content (AvgIpc) is 2.89. The third-order valence-corrected chi connectivity index (χ3v) is 4.48. The molecule has 1 aromatic rings. The van der Waals surface area contributed by atoms with Crippen molar-refractivity contribution in [2.45, 2.75) is 19.1 Å². The lowest BCUT2D eigenvalue weighted by molar-refractivity contribution is 0.0907. The maximum atomic E-state index is 9.88.